The van der Waals surface area contributed by atoms with Gasteiger partial charge in [0, 0.05) is 32.2 Å². The Hall–Kier alpha value is -0.610. The highest BCUT2D eigenvalue weighted by molar-refractivity contribution is 5.86. The quantitative estimate of drug-likeness (QED) is 0.623. The first-order valence-corrected chi connectivity index (χ1v) is 6.00. The van der Waals surface area contributed by atoms with Crippen molar-refractivity contribution in [2.45, 2.75) is 24.9 Å². The minimum absolute atomic E-state index is 0.218. The lowest BCUT2D eigenvalue weighted by molar-refractivity contribution is -0.132. The number of piperazine rings is 1. The predicted octanol–water partition coefficient (Wildman–Crippen LogP) is -0.489. The maximum absolute atomic E-state index is 12.2. The Morgan fingerprint density at radius 3 is 2.53 bits per heavy atom. The van der Waals surface area contributed by atoms with E-state index in [0.717, 1.165) is 32.1 Å². The fraction of sp³-hybridized carbons (Fsp3) is 0.909. The van der Waals surface area contributed by atoms with Crippen molar-refractivity contribution in [3.8, 4) is 0 Å². The Kier molecular flexibility index (Phi) is 2.21. The molecule has 84 valence electrons. The van der Waals surface area contributed by atoms with Gasteiger partial charge in [0.05, 0.1) is 0 Å². The van der Waals surface area contributed by atoms with Crippen molar-refractivity contribution in [3.63, 3.8) is 0 Å². The summed E-state index contributed by atoms with van der Waals surface area (Å²) >= 11 is 0. The minimum Gasteiger partial charge on any atom is -0.339 e. The van der Waals surface area contributed by atoms with Crippen LogP contribution in [0.2, 0.25) is 0 Å². The molecule has 4 nitrogen and oxygen atoms in total. The van der Waals surface area contributed by atoms with Gasteiger partial charge in [0.1, 0.15) is 6.04 Å². The molecule has 4 heteroatoms. The van der Waals surface area contributed by atoms with Crippen molar-refractivity contribution in [2.75, 3.05) is 33.2 Å². The van der Waals surface area contributed by atoms with Crippen LogP contribution in [0.1, 0.15) is 12.8 Å². The highest BCUT2D eigenvalue weighted by atomic mass is 16.2. The molecule has 15 heavy (non-hydrogen) atoms. The molecule has 3 fully saturated rings. The van der Waals surface area contributed by atoms with Gasteiger partial charge >= 0.3 is 0 Å². The van der Waals surface area contributed by atoms with E-state index in [-0.39, 0.29) is 6.04 Å². The first-order valence-electron chi connectivity index (χ1n) is 6.00. The summed E-state index contributed by atoms with van der Waals surface area (Å²) in [5.74, 6) is 1.20. The molecule has 1 saturated carbocycles. The third kappa shape index (κ3) is 1.66. The maximum Gasteiger partial charge on any atom is 0.241 e. The molecule has 0 spiro atoms. The van der Waals surface area contributed by atoms with Gasteiger partial charge in [-0.1, -0.05) is 0 Å². The number of nitrogens with one attached hydrogen (secondary N) is 1. The van der Waals surface area contributed by atoms with Gasteiger partial charge in [-0.2, -0.15) is 0 Å². The molecule has 2 heterocycles. The van der Waals surface area contributed by atoms with E-state index in [1.165, 1.54) is 12.8 Å². The number of amides is 1. The fourth-order valence-electron chi connectivity index (χ4n) is 2.78. The van der Waals surface area contributed by atoms with Crippen LogP contribution >= 0.6 is 0 Å². The Balaban J connectivity index is 1.60. The van der Waals surface area contributed by atoms with Crippen LogP contribution in [0, 0.1) is 5.92 Å². The summed E-state index contributed by atoms with van der Waals surface area (Å²) in [7, 11) is 2.09. The summed E-state index contributed by atoms with van der Waals surface area (Å²) in [5.41, 5.74) is 0. The molecule has 3 rings (SSSR count). The average Bonchev–Trinajstić information content (AvgIpc) is 3.13. The smallest absolute Gasteiger partial charge is 0.241 e. The summed E-state index contributed by atoms with van der Waals surface area (Å²) in [5, 5.41) is 3.28. The number of nitrogens with zero attached hydrogens (tertiary/aromatic N) is 2. The third-order valence-electron chi connectivity index (χ3n) is 3.93. The first-order chi connectivity index (χ1) is 7.29. The van der Waals surface area contributed by atoms with Crippen LogP contribution in [0.15, 0.2) is 0 Å². The van der Waals surface area contributed by atoms with Gasteiger partial charge in [0.2, 0.25) is 5.91 Å². The molecular weight excluding hydrogens is 190 g/mol. The van der Waals surface area contributed by atoms with Gasteiger partial charge in [-0.05, 0) is 25.8 Å². The topological polar surface area (TPSA) is 35.4 Å². The Bertz CT molecular complexity index is 271. The number of hydrogen-bond acceptors (Lipinski definition) is 3. The minimum atomic E-state index is 0.218. The maximum atomic E-state index is 12.2. The number of carbonyl (C=O) groups excluding carboxylic acids is 1. The van der Waals surface area contributed by atoms with Crippen LogP contribution in [0.25, 0.3) is 0 Å². The Morgan fingerprint density at radius 2 is 1.93 bits per heavy atom. The lowest BCUT2D eigenvalue weighted by Crippen LogP contribution is -2.48. The molecule has 3 unspecified atom stereocenters. The van der Waals surface area contributed by atoms with Crippen LogP contribution in [0.4, 0.5) is 0 Å². The lowest BCUT2D eigenvalue weighted by atomic mass is 10.2. The van der Waals surface area contributed by atoms with Gasteiger partial charge in [-0.25, -0.2) is 0 Å². The molecular formula is C11H19N3O. The zero-order valence-corrected chi connectivity index (χ0v) is 9.28. The van der Waals surface area contributed by atoms with E-state index in [1.807, 2.05) is 4.90 Å². The number of carbonyl (C=O) groups is 1. The second-order valence-electron chi connectivity index (χ2n) is 5.01. The van der Waals surface area contributed by atoms with E-state index < -0.39 is 0 Å². The summed E-state index contributed by atoms with van der Waals surface area (Å²) < 4.78 is 0. The zero-order valence-electron chi connectivity index (χ0n) is 9.28. The molecule has 0 aromatic carbocycles. The van der Waals surface area contributed by atoms with Crippen LogP contribution in [0.5, 0.6) is 0 Å². The largest absolute Gasteiger partial charge is 0.339 e. The summed E-state index contributed by atoms with van der Waals surface area (Å²) in [6.45, 7) is 3.69. The van der Waals surface area contributed by atoms with Crippen molar-refractivity contribution >= 4 is 5.91 Å². The molecule has 2 aliphatic heterocycles. The summed E-state index contributed by atoms with van der Waals surface area (Å²) in [4.78, 5) is 16.4. The first kappa shape index (κ1) is 9.60. The molecule has 2 saturated heterocycles. The van der Waals surface area contributed by atoms with E-state index in [2.05, 4.69) is 17.3 Å². The second-order valence-corrected chi connectivity index (χ2v) is 5.01. The zero-order chi connectivity index (χ0) is 10.4. The predicted molar refractivity (Wildman–Crippen MR) is 57.5 cm³/mol. The summed E-state index contributed by atoms with van der Waals surface area (Å²) in [6.07, 6.45) is 2.67. The van der Waals surface area contributed by atoms with E-state index in [1.54, 1.807) is 0 Å². The van der Waals surface area contributed by atoms with Gasteiger partial charge in [-0.3, -0.25) is 9.69 Å². The van der Waals surface area contributed by atoms with Crippen LogP contribution in [-0.2, 0) is 4.79 Å². The van der Waals surface area contributed by atoms with Crippen molar-refractivity contribution in [1.82, 2.24) is 15.1 Å². The van der Waals surface area contributed by atoms with Crippen LogP contribution in [0.3, 0.4) is 0 Å². The van der Waals surface area contributed by atoms with Crippen LogP contribution in [-0.4, -0.2) is 61.0 Å². The molecule has 1 amide bonds. The van der Waals surface area contributed by atoms with Gasteiger partial charge in [-0.15, -0.1) is 0 Å². The third-order valence-corrected chi connectivity index (χ3v) is 3.93. The highest BCUT2D eigenvalue weighted by Gasteiger charge is 2.57. The van der Waals surface area contributed by atoms with Gasteiger partial charge in [0.15, 0.2) is 0 Å². The summed E-state index contributed by atoms with van der Waals surface area (Å²) in [6, 6.07) is 0.794. The lowest BCUT2D eigenvalue weighted by Gasteiger charge is -2.27. The van der Waals surface area contributed by atoms with Gasteiger partial charge in [0.25, 0.3) is 0 Å². The van der Waals surface area contributed by atoms with E-state index in [0.29, 0.717) is 11.9 Å². The fourth-order valence-corrected chi connectivity index (χ4v) is 2.78. The second kappa shape index (κ2) is 3.46. The van der Waals surface area contributed by atoms with Crippen molar-refractivity contribution in [3.05, 3.63) is 0 Å². The van der Waals surface area contributed by atoms with Crippen molar-refractivity contribution in [2.24, 2.45) is 5.92 Å². The standard InChI is InChI=1S/C11H19N3O/c1-13-9(8-2-3-8)10(13)11(15)14-6-4-12-5-7-14/h8-10,12H,2-7H2,1H3. The molecule has 3 aliphatic rings. The molecule has 0 radical (unpaired) electrons. The molecule has 0 aromatic heterocycles. The molecule has 3 atom stereocenters. The molecule has 1 aliphatic carbocycles. The number of likely N-dealkylation sites (N-methyl/N-ethyl adjacent to an activating group) is 1. The molecule has 1 N–H and O–H groups in total. The highest BCUT2D eigenvalue weighted by Crippen LogP contribution is 2.46. The normalized spacial score (nSPS) is 40.3. The SMILES string of the molecule is CN1C(C(=O)N2CCNCC2)C1C1CC1. The molecule has 0 bridgehead atoms. The number of rotatable bonds is 2. The Morgan fingerprint density at radius 1 is 1.27 bits per heavy atom. The van der Waals surface area contributed by atoms with E-state index >= 15 is 0 Å². The van der Waals surface area contributed by atoms with Crippen LogP contribution < -0.4 is 5.32 Å². The molecule has 0 aromatic rings. The van der Waals surface area contributed by atoms with E-state index in [9.17, 15) is 4.79 Å². The number of hydrogen-bond donors (Lipinski definition) is 1. The monoisotopic (exact) mass is 209 g/mol. The average molecular weight is 209 g/mol. The van der Waals surface area contributed by atoms with Crippen molar-refractivity contribution in [1.29, 1.82) is 0 Å². The van der Waals surface area contributed by atoms with E-state index in [4.69, 9.17) is 0 Å². The van der Waals surface area contributed by atoms with Crippen molar-refractivity contribution < 1.29 is 4.79 Å². The Labute approximate surface area is 90.6 Å². The van der Waals surface area contributed by atoms with Gasteiger partial charge < -0.3 is 10.2 Å².